The van der Waals surface area contributed by atoms with E-state index in [-0.39, 0.29) is 10.8 Å². The maximum Gasteiger partial charge on any atom is 0.0717 e. The summed E-state index contributed by atoms with van der Waals surface area (Å²) in [7, 11) is 0. The molecule has 2 aliphatic rings. The smallest absolute Gasteiger partial charge is 0.0717 e. The number of hydrogen-bond acceptors (Lipinski definition) is 1. The SMILES string of the molecule is CC(C)(C)c1ccc(-c2ccccc2)c2c1C(c1ccccc1)(c1ccccc1)c1cc(N(c3ccc(-c4ccccc4)cc3)c3ccc4c(c3)C(C)(C)c3ccccc3-4)c(-c3ccccc3)cc1-2. The zero-order valence-corrected chi connectivity index (χ0v) is 40.0. The molecule has 0 atom stereocenters. The summed E-state index contributed by atoms with van der Waals surface area (Å²) in [5, 5.41) is 0. The molecule has 332 valence electrons. The van der Waals surface area contributed by atoms with E-state index in [9.17, 15) is 0 Å². The van der Waals surface area contributed by atoms with Crippen molar-refractivity contribution in [1.82, 2.24) is 0 Å². The molecule has 0 aliphatic heterocycles. The van der Waals surface area contributed by atoms with Crippen LogP contribution in [0, 0.1) is 0 Å². The molecule has 0 spiro atoms. The van der Waals surface area contributed by atoms with Crippen LogP contribution in [0.3, 0.4) is 0 Å². The van der Waals surface area contributed by atoms with Crippen LogP contribution >= 0.6 is 0 Å². The lowest BCUT2D eigenvalue weighted by molar-refractivity contribution is 0.572. The Morgan fingerprint density at radius 3 is 1.42 bits per heavy atom. The molecule has 1 heteroatoms. The van der Waals surface area contributed by atoms with Crippen LogP contribution in [-0.4, -0.2) is 0 Å². The van der Waals surface area contributed by atoms with Gasteiger partial charge in [-0.15, -0.1) is 0 Å². The Hall–Kier alpha value is -8.00. The van der Waals surface area contributed by atoms with Crippen molar-refractivity contribution in [2.24, 2.45) is 0 Å². The molecule has 0 saturated heterocycles. The van der Waals surface area contributed by atoms with Crippen molar-refractivity contribution in [2.45, 2.75) is 50.9 Å². The molecule has 0 fully saturated rings. The Kier molecular flexibility index (Phi) is 10.0. The number of anilines is 3. The van der Waals surface area contributed by atoms with E-state index in [4.69, 9.17) is 0 Å². The Morgan fingerprint density at radius 2 is 0.826 bits per heavy atom. The van der Waals surface area contributed by atoms with Crippen molar-refractivity contribution in [3.8, 4) is 55.6 Å². The standard InChI is InChI=1S/C68H55N/c1-66(2,3)60-42-41-54(48-25-13-7-14-26-48)64-58-44-57(49-27-15-8-16-28-49)63(45-62(58)68(65(60)64,50-29-17-9-18-30-50)51-31-19-10-20-32-51)69(52-37-35-47(36-38-52)46-23-11-6-12-24-46)53-39-40-56-55-33-21-22-34-59(55)67(4,5)61(56)43-53/h6-45H,1-5H3. The number of benzene rings is 10. The molecule has 10 aromatic carbocycles. The van der Waals surface area contributed by atoms with E-state index in [1.165, 1.54) is 94.6 Å². The van der Waals surface area contributed by atoms with Crippen LogP contribution in [0.4, 0.5) is 17.1 Å². The van der Waals surface area contributed by atoms with Crippen molar-refractivity contribution in [3.63, 3.8) is 0 Å². The van der Waals surface area contributed by atoms with Gasteiger partial charge in [-0.25, -0.2) is 0 Å². The van der Waals surface area contributed by atoms with Crippen LogP contribution in [0.2, 0.25) is 0 Å². The van der Waals surface area contributed by atoms with Crippen molar-refractivity contribution in [1.29, 1.82) is 0 Å². The summed E-state index contributed by atoms with van der Waals surface area (Å²) in [4.78, 5) is 2.54. The number of hydrogen-bond donors (Lipinski definition) is 0. The summed E-state index contributed by atoms with van der Waals surface area (Å²) in [6.07, 6.45) is 0. The van der Waals surface area contributed by atoms with Gasteiger partial charge >= 0.3 is 0 Å². The van der Waals surface area contributed by atoms with E-state index in [2.05, 4.69) is 282 Å². The highest BCUT2D eigenvalue weighted by atomic mass is 15.1. The molecule has 0 radical (unpaired) electrons. The Bertz CT molecular complexity index is 3470. The van der Waals surface area contributed by atoms with Gasteiger partial charge in [-0.3, -0.25) is 0 Å². The molecular formula is C68H55N. The van der Waals surface area contributed by atoms with Crippen molar-refractivity contribution in [3.05, 3.63) is 282 Å². The zero-order valence-electron chi connectivity index (χ0n) is 40.0. The van der Waals surface area contributed by atoms with E-state index in [0.717, 1.165) is 17.1 Å². The highest BCUT2D eigenvalue weighted by molar-refractivity contribution is 6.02. The molecule has 10 aromatic rings. The van der Waals surface area contributed by atoms with Crippen LogP contribution in [0.25, 0.3) is 55.6 Å². The molecule has 0 unspecified atom stereocenters. The number of nitrogens with zero attached hydrogens (tertiary/aromatic N) is 1. The van der Waals surface area contributed by atoms with Crippen LogP contribution in [0.15, 0.2) is 243 Å². The first-order chi connectivity index (χ1) is 33.6. The van der Waals surface area contributed by atoms with Gasteiger partial charge in [0.05, 0.1) is 11.1 Å². The maximum atomic E-state index is 2.58. The summed E-state index contributed by atoms with van der Waals surface area (Å²) < 4.78 is 0. The third-order valence-electron chi connectivity index (χ3n) is 15.1. The van der Waals surface area contributed by atoms with Crippen molar-refractivity contribution in [2.75, 3.05) is 4.90 Å². The van der Waals surface area contributed by atoms with Gasteiger partial charge in [0.2, 0.25) is 0 Å². The van der Waals surface area contributed by atoms with E-state index >= 15 is 0 Å². The summed E-state index contributed by atoms with van der Waals surface area (Å²) in [5.41, 5.74) is 23.9. The molecule has 0 aromatic heterocycles. The minimum Gasteiger partial charge on any atom is -0.310 e. The molecule has 1 nitrogen and oxygen atoms in total. The van der Waals surface area contributed by atoms with Gasteiger partial charge in [0.25, 0.3) is 0 Å². The fraction of sp³-hybridized carbons (Fsp3) is 0.118. The molecule has 12 rings (SSSR count). The second-order valence-corrected chi connectivity index (χ2v) is 20.4. The third-order valence-corrected chi connectivity index (χ3v) is 15.1. The molecular weight excluding hydrogens is 831 g/mol. The second-order valence-electron chi connectivity index (χ2n) is 20.4. The van der Waals surface area contributed by atoms with Crippen molar-refractivity contribution < 1.29 is 0 Å². The molecule has 69 heavy (non-hydrogen) atoms. The predicted octanol–water partition coefficient (Wildman–Crippen LogP) is 18.1. The summed E-state index contributed by atoms with van der Waals surface area (Å²) in [6.45, 7) is 11.9. The Labute approximate surface area is 408 Å². The fourth-order valence-electron chi connectivity index (χ4n) is 11.9. The summed E-state index contributed by atoms with van der Waals surface area (Å²) in [6, 6.07) is 90.7. The lowest BCUT2D eigenvalue weighted by Gasteiger charge is -2.38. The summed E-state index contributed by atoms with van der Waals surface area (Å²) in [5.74, 6) is 0. The fourth-order valence-corrected chi connectivity index (χ4v) is 11.9. The van der Waals surface area contributed by atoms with Crippen molar-refractivity contribution >= 4 is 17.1 Å². The molecule has 2 aliphatic carbocycles. The quantitative estimate of drug-likeness (QED) is 0.147. The van der Waals surface area contributed by atoms with Crippen LogP contribution in [0.5, 0.6) is 0 Å². The lowest BCUT2D eigenvalue weighted by Crippen LogP contribution is -2.32. The number of fused-ring (bicyclic) bond motifs is 6. The van der Waals surface area contributed by atoms with E-state index in [1.807, 2.05) is 0 Å². The average Bonchev–Trinajstić information content (AvgIpc) is 3.82. The van der Waals surface area contributed by atoms with Crippen LogP contribution in [-0.2, 0) is 16.2 Å². The zero-order chi connectivity index (χ0) is 46.9. The van der Waals surface area contributed by atoms with Gasteiger partial charge in [-0.2, -0.15) is 0 Å². The maximum absolute atomic E-state index is 2.58. The minimum absolute atomic E-state index is 0.178. The topological polar surface area (TPSA) is 3.24 Å². The van der Waals surface area contributed by atoms with Gasteiger partial charge in [0, 0.05) is 22.4 Å². The molecule has 0 amide bonds. The highest BCUT2D eigenvalue weighted by Crippen LogP contribution is 2.63. The predicted molar refractivity (Wildman–Crippen MR) is 291 cm³/mol. The van der Waals surface area contributed by atoms with Crippen LogP contribution < -0.4 is 4.90 Å². The highest BCUT2D eigenvalue weighted by Gasteiger charge is 2.50. The van der Waals surface area contributed by atoms with Gasteiger partial charge in [-0.05, 0) is 131 Å². The second kappa shape index (κ2) is 16.4. The lowest BCUT2D eigenvalue weighted by atomic mass is 9.64. The van der Waals surface area contributed by atoms with E-state index in [0.29, 0.717) is 0 Å². The average molecular weight is 886 g/mol. The van der Waals surface area contributed by atoms with Gasteiger partial charge in [0.1, 0.15) is 0 Å². The first kappa shape index (κ1) is 42.4. The largest absolute Gasteiger partial charge is 0.310 e. The monoisotopic (exact) mass is 885 g/mol. The van der Waals surface area contributed by atoms with Gasteiger partial charge in [0.15, 0.2) is 0 Å². The van der Waals surface area contributed by atoms with Gasteiger partial charge in [-0.1, -0.05) is 241 Å². The van der Waals surface area contributed by atoms with Crippen LogP contribution in [0.1, 0.15) is 73.6 Å². The van der Waals surface area contributed by atoms with E-state index in [1.54, 1.807) is 0 Å². The molecule has 0 N–H and O–H groups in total. The summed E-state index contributed by atoms with van der Waals surface area (Å²) >= 11 is 0. The molecule has 0 bridgehead atoms. The minimum atomic E-state index is -0.672. The first-order valence-electron chi connectivity index (χ1n) is 24.4. The first-order valence-corrected chi connectivity index (χ1v) is 24.4. The molecule has 0 saturated carbocycles. The normalized spacial score (nSPS) is 13.8. The molecule has 0 heterocycles. The number of rotatable bonds is 8. The van der Waals surface area contributed by atoms with E-state index < -0.39 is 5.41 Å². The Morgan fingerprint density at radius 1 is 0.348 bits per heavy atom. The Balaban J connectivity index is 1.23. The van der Waals surface area contributed by atoms with Gasteiger partial charge < -0.3 is 4.90 Å². The third kappa shape index (κ3) is 6.74.